The summed E-state index contributed by atoms with van der Waals surface area (Å²) in [6.07, 6.45) is 1.62. The van der Waals surface area contributed by atoms with Gasteiger partial charge in [-0.15, -0.1) is 0 Å². The minimum absolute atomic E-state index is 0.166. The molecule has 0 unspecified atom stereocenters. The van der Waals surface area contributed by atoms with E-state index in [0.717, 1.165) is 16.9 Å². The fraction of sp³-hybridized carbons (Fsp3) is 0.280. The molecule has 2 aromatic carbocycles. The molecule has 1 heterocycles. The molecule has 4 heteroatoms. The highest BCUT2D eigenvalue weighted by molar-refractivity contribution is 5.95. The average Bonchev–Trinajstić information content (AvgIpc) is 3.26. The summed E-state index contributed by atoms with van der Waals surface area (Å²) in [6.45, 7) is 8.20. The molecule has 0 spiro atoms. The first-order chi connectivity index (χ1) is 13.8. The van der Waals surface area contributed by atoms with E-state index in [2.05, 4.69) is 26.0 Å². The Morgan fingerprint density at radius 1 is 1.07 bits per heavy atom. The minimum Gasteiger partial charge on any atom is -0.464 e. The van der Waals surface area contributed by atoms with Crippen LogP contribution in [0.15, 0.2) is 71.3 Å². The van der Waals surface area contributed by atoms with Crippen LogP contribution < -0.4 is 0 Å². The van der Waals surface area contributed by atoms with Gasteiger partial charge in [0.15, 0.2) is 0 Å². The van der Waals surface area contributed by atoms with Gasteiger partial charge in [0, 0.05) is 17.7 Å². The van der Waals surface area contributed by atoms with Crippen LogP contribution in [0.1, 0.15) is 55.1 Å². The van der Waals surface area contributed by atoms with Crippen LogP contribution in [-0.2, 0) is 6.54 Å². The van der Waals surface area contributed by atoms with Crippen molar-refractivity contribution in [1.29, 1.82) is 5.26 Å². The number of nitrogens with zero attached hydrogens (tertiary/aromatic N) is 2. The quantitative estimate of drug-likeness (QED) is 0.521. The summed E-state index contributed by atoms with van der Waals surface area (Å²) in [7, 11) is 0. The van der Waals surface area contributed by atoms with Crippen LogP contribution in [0.2, 0.25) is 0 Å². The molecular weight excluding hydrogens is 360 g/mol. The van der Waals surface area contributed by atoms with Crippen molar-refractivity contribution in [3.8, 4) is 17.4 Å². The van der Waals surface area contributed by atoms with Gasteiger partial charge in [-0.25, -0.2) is 0 Å². The van der Waals surface area contributed by atoms with Crippen LogP contribution in [0.4, 0.5) is 0 Å². The second-order valence-electron chi connectivity index (χ2n) is 7.97. The number of rotatable bonds is 6. The molecule has 0 aliphatic carbocycles. The molecule has 3 aromatic rings. The van der Waals surface area contributed by atoms with Crippen LogP contribution in [0.5, 0.6) is 0 Å². The molecular formula is C25H26N2O2. The van der Waals surface area contributed by atoms with E-state index in [1.165, 1.54) is 5.56 Å². The van der Waals surface area contributed by atoms with E-state index < -0.39 is 5.54 Å². The molecule has 0 atom stereocenters. The molecule has 148 valence electrons. The Kier molecular flexibility index (Phi) is 5.89. The van der Waals surface area contributed by atoms with Crippen molar-refractivity contribution in [3.63, 3.8) is 0 Å². The maximum atomic E-state index is 13.4. The van der Waals surface area contributed by atoms with E-state index in [1.54, 1.807) is 37.1 Å². The number of benzene rings is 2. The molecule has 29 heavy (non-hydrogen) atoms. The van der Waals surface area contributed by atoms with Gasteiger partial charge in [0.1, 0.15) is 11.3 Å². The zero-order valence-corrected chi connectivity index (χ0v) is 17.3. The number of carbonyl (C=O) groups excluding carboxylic acids is 1. The average molecular weight is 386 g/mol. The van der Waals surface area contributed by atoms with E-state index in [0.29, 0.717) is 18.0 Å². The van der Waals surface area contributed by atoms with Gasteiger partial charge in [-0.3, -0.25) is 4.79 Å². The van der Waals surface area contributed by atoms with Gasteiger partial charge in [-0.1, -0.05) is 50.2 Å². The van der Waals surface area contributed by atoms with Gasteiger partial charge in [-0.2, -0.15) is 5.26 Å². The number of carbonyl (C=O) groups is 1. The number of nitriles is 1. The lowest BCUT2D eigenvalue weighted by molar-refractivity contribution is 0.0614. The number of furan rings is 1. The van der Waals surface area contributed by atoms with E-state index in [4.69, 9.17) is 4.42 Å². The largest absolute Gasteiger partial charge is 0.464 e. The molecule has 0 saturated heterocycles. The Morgan fingerprint density at radius 3 is 2.34 bits per heavy atom. The smallest absolute Gasteiger partial charge is 0.255 e. The van der Waals surface area contributed by atoms with Crippen LogP contribution in [0.25, 0.3) is 11.3 Å². The third kappa shape index (κ3) is 4.41. The Bertz CT molecular complexity index is 1010. The zero-order valence-electron chi connectivity index (χ0n) is 17.3. The van der Waals surface area contributed by atoms with Crippen molar-refractivity contribution in [2.75, 3.05) is 0 Å². The van der Waals surface area contributed by atoms with Crippen LogP contribution >= 0.6 is 0 Å². The van der Waals surface area contributed by atoms with Crippen LogP contribution in [-0.4, -0.2) is 16.3 Å². The molecule has 3 rings (SSSR count). The molecule has 0 fully saturated rings. The lowest BCUT2D eigenvalue weighted by Crippen LogP contribution is -2.46. The number of amides is 1. The Labute approximate surface area is 172 Å². The lowest BCUT2D eigenvalue weighted by atomic mass is 9.94. The van der Waals surface area contributed by atoms with Crippen molar-refractivity contribution in [2.45, 2.75) is 45.7 Å². The SMILES string of the molecule is CC(C)c1ccccc1CN(C(=O)c1ccc(-c2ccco2)cc1)C(C)(C)C#N. The van der Waals surface area contributed by atoms with Crippen molar-refractivity contribution >= 4 is 5.91 Å². The Morgan fingerprint density at radius 2 is 1.76 bits per heavy atom. The standard InChI is InChI=1S/C25H26N2O2/c1-18(2)22-9-6-5-8-21(22)16-27(25(3,4)17-26)24(28)20-13-11-19(12-14-20)23-10-7-15-29-23/h5-15,18H,16H2,1-4H3. The second-order valence-corrected chi connectivity index (χ2v) is 7.97. The van der Waals surface area contributed by atoms with E-state index in [-0.39, 0.29) is 5.91 Å². The van der Waals surface area contributed by atoms with Gasteiger partial charge in [0.05, 0.1) is 12.3 Å². The van der Waals surface area contributed by atoms with Gasteiger partial charge >= 0.3 is 0 Å². The van der Waals surface area contributed by atoms with E-state index >= 15 is 0 Å². The highest BCUT2D eigenvalue weighted by Gasteiger charge is 2.32. The third-order valence-corrected chi connectivity index (χ3v) is 5.14. The number of hydrogen-bond acceptors (Lipinski definition) is 3. The first-order valence-electron chi connectivity index (χ1n) is 9.78. The maximum absolute atomic E-state index is 13.4. The summed E-state index contributed by atoms with van der Waals surface area (Å²) in [5.41, 5.74) is 2.76. The summed E-state index contributed by atoms with van der Waals surface area (Å²) < 4.78 is 5.42. The van der Waals surface area contributed by atoms with E-state index in [1.807, 2.05) is 42.5 Å². The van der Waals surface area contributed by atoms with Gasteiger partial charge in [0.2, 0.25) is 0 Å². The molecule has 1 amide bonds. The van der Waals surface area contributed by atoms with Gasteiger partial charge in [-0.05, 0) is 55.2 Å². The third-order valence-electron chi connectivity index (χ3n) is 5.14. The van der Waals surface area contributed by atoms with Gasteiger partial charge < -0.3 is 9.32 Å². The normalized spacial score (nSPS) is 11.3. The predicted molar refractivity (Wildman–Crippen MR) is 114 cm³/mol. The van der Waals surface area contributed by atoms with Crippen molar-refractivity contribution in [2.24, 2.45) is 0 Å². The fourth-order valence-corrected chi connectivity index (χ4v) is 3.37. The fourth-order valence-electron chi connectivity index (χ4n) is 3.37. The first-order valence-corrected chi connectivity index (χ1v) is 9.78. The molecule has 0 aliphatic heterocycles. The summed E-state index contributed by atoms with van der Waals surface area (Å²) in [4.78, 5) is 15.0. The predicted octanol–water partition coefficient (Wildman–Crippen LogP) is 6.01. The van der Waals surface area contributed by atoms with Crippen molar-refractivity contribution in [3.05, 3.63) is 83.6 Å². The van der Waals surface area contributed by atoms with Crippen LogP contribution in [0.3, 0.4) is 0 Å². The topological polar surface area (TPSA) is 57.2 Å². The Balaban J connectivity index is 1.93. The summed E-state index contributed by atoms with van der Waals surface area (Å²) in [5.74, 6) is 0.922. The highest BCUT2D eigenvalue weighted by atomic mass is 16.3. The van der Waals surface area contributed by atoms with Crippen molar-refractivity contribution < 1.29 is 9.21 Å². The minimum atomic E-state index is -0.944. The zero-order chi connectivity index (χ0) is 21.0. The molecule has 0 N–H and O–H groups in total. The molecule has 0 aliphatic rings. The monoisotopic (exact) mass is 386 g/mol. The molecule has 1 aromatic heterocycles. The van der Waals surface area contributed by atoms with E-state index in [9.17, 15) is 10.1 Å². The summed E-state index contributed by atoms with van der Waals surface area (Å²) in [6, 6.07) is 21.4. The maximum Gasteiger partial charge on any atom is 0.255 e. The number of hydrogen-bond donors (Lipinski definition) is 0. The van der Waals surface area contributed by atoms with Crippen molar-refractivity contribution in [1.82, 2.24) is 4.90 Å². The summed E-state index contributed by atoms with van der Waals surface area (Å²) >= 11 is 0. The van der Waals surface area contributed by atoms with Gasteiger partial charge in [0.25, 0.3) is 5.91 Å². The molecule has 4 nitrogen and oxygen atoms in total. The van der Waals surface area contributed by atoms with Crippen LogP contribution in [0, 0.1) is 11.3 Å². The first kappa shape index (κ1) is 20.4. The lowest BCUT2D eigenvalue weighted by Gasteiger charge is -2.34. The molecule has 0 radical (unpaired) electrons. The summed E-state index contributed by atoms with van der Waals surface area (Å²) in [5, 5.41) is 9.73. The molecule has 0 bridgehead atoms. The Hall–Kier alpha value is -3.32. The highest BCUT2D eigenvalue weighted by Crippen LogP contribution is 2.27. The molecule has 0 saturated carbocycles. The second kappa shape index (κ2) is 8.36.